The third kappa shape index (κ3) is 6.60. The number of halogens is 2. The van der Waals surface area contributed by atoms with Crippen molar-refractivity contribution in [1.82, 2.24) is 5.32 Å². The standard InChI is InChI=1S/C13H17FINO3/c1-13(2,3)19-12(17)16-6-7-18-9-4-5-11(15)10(14)8-9/h4-5,8H,6-7H2,1-3H3,(H,16,17). The van der Waals surface area contributed by atoms with Gasteiger partial charge in [0.25, 0.3) is 0 Å². The first-order valence-electron chi connectivity index (χ1n) is 5.82. The van der Waals surface area contributed by atoms with Crippen LogP contribution in [0, 0.1) is 9.39 Å². The summed E-state index contributed by atoms with van der Waals surface area (Å²) in [5, 5.41) is 2.55. The maximum atomic E-state index is 13.2. The van der Waals surface area contributed by atoms with Gasteiger partial charge < -0.3 is 14.8 Å². The molecule has 0 spiro atoms. The van der Waals surface area contributed by atoms with E-state index in [1.807, 2.05) is 22.6 Å². The number of carbonyl (C=O) groups excluding carboxylic acids is 1. The molecule has 1 aromatic rings. The van der Waals surface area contributed by atoms with Crippen molar-refractivity contribution in [1.29, 1.82) is 0 Å². The minimum atomic E-state index is -0.524. The lowest BCUT2D eigenvalue weighted by atomic mass is 10.2. The van der Waals surface area contributed by atoms with E-state index >= 15 is 0 Å². The highest BCUT2D eigenvalue weighted by Crippen LogP contribution is 2.17. The Morgan fingerprint density at radius 1 is 1.42 bits per heavy atom. The van der Waals surface area contributed by atoms with Crippen LogP contribution in [0.1, 0.15) is 20.8 Å². The van der Waals surface area contributed by atoms with Crippen molar-refractivity contribution in [2.75, 3.05) is 13.2 Å². The van der Waals surface area contributed by atoms with Crippen LogP contribution < -0.4 is 10.1 Å². The molecule has 19 heavy (non-hydrogen) atoms. The minimum Gasteiger partial charge on any atom is -0.492 e. The number of ether oxygens (including phenoxy) is 2. The van der Waals surface area contributed by atoms with Crippen molar-refractivity contribution in [3.05, 3.63) is 27.6 Å². The molecule has 6 heteroatoms. The van der Waals surface area contributed by atoms with Crippen LogP contribution in [0.15, 0.2) is 18.2 Å². The third-order valence-corrected chi connectivity index (χ3v) is 2.80. The van der Waals surface area contributed by atoms with E-state index in [0.717, 1.165) is 0 Å². The summed E-state index contributed by atoms with van der Waals surface area (Å²) in [5.41, 5.74) is -0.524. The lowest BCUT2D eigenvalue weighted by Gasteiger charge is -2.19. The number of amides is 1. The summed E-state index contributed by atoms with van der Waals surface area (Å²) >= 11 is 1.90. The van der Waals surface area contributed by atoms with E-state index in [9.17, 15) is 9.18 Å². The molecule has 0 aliphatic rings. The second-order valence-electron chi connectivity index (χ2n) is 4.85. The van der Waals surface area contributed by atoms with Crippen molar-refractivity contribution in [3.63, 3.8) is 0 Å². The van der Waals surface area contributed by atoms with Gasteiger partial charge in [-0.3, -0.25) is 0 Å². The van der Waals surface area contributed by atoms with Gasteiger partial charge in [-0.2, -0.15) is 0 Å². The lowest BCUT2D eigenvalue weighted by molar-refractivity contribution is 0.0520. The SMILES string of the molecule is CC(C)(C)OC(=O)NCCOc1ccc(I)c(F)c1. The number of carbonyl (C=O) groups is 1. The number of benzene rings is 1. The van der Waals surface area contributed by atoms with Gasteiger partial charge in [-0.25, -0.2) is 9.18 Å². The maximum absolute atomic E-state index is 13.2. The van der Waals surface area contributed by atoms with Crippen LogP contribution in [0.25, 0.3) is 0 Å². The van der Waals surface area contributed by atoms with Crippen molar-refractivity contribution in [3.8, 4) is 5.75 Å². The zero-order chi connectivity index (χ0) is 14.5. The fourth-order valence-corrected chi connectivity index (χ4v) is 1.54. The highest BCUT2D eigenvalue weighted by atomic mass is 127. The molecule has 0 aromatic heterocycles. The molecule has 0 aliphatic heterocycles. The Bertz CT molecular complexity index is 446. The molecule has 0 radical (unpaired) electrons. The van der Waals surface area contributed by atoms with E-state index in [0.29, 0.717) is 15.9 Å². The second-order valence-corrected chi connectivity index (χ2v) is 6.02. The molecule has 106 valence electrons. The summed E-state index contributed by atoms with van der Waals surface area (Å²) in [6, 6.07) is 4.63. The lowest BCUT2D eigenvalue weighted by Crippen LogP contribution is -2.34. The van der Waals surface area contributed by atoms with Crippen molar-refractivity contribution in [2.24, 2.45) is 0 Å². The van der Waals surface area contributed by atoms with Crippen LogP contribution in [0.4, 0.5) is 9.18 Å². The Morgan fingerprint density at radius 2 is 2.11 bits per heavy atom. The van der Waals surface area contributed by atoms with Gasteiger partial charge in [0.1, 0.15) is 23.8 Å². The number of rotatable bonds is 4. The first-order valence-corrected chi connectivity index (χ1v) is 6.90. The molecular formula is C13H17FINO3. The molecule has 0 unspecified atom stereocenters. The van der Waals surface area contributed by atoms with Crippen LogP contribution in [-0.4, -0.2) is 24.8 Å². The van der Waals surface area contributed by atoms with E-state index in [1.54, 1.807) is 32.9 Å². The first-order chi connectivity index (χ1) is 8.78. The minimum absolute atomic E-state index is 0.249. The van der Waals surface area contributed by atoms with Crippen LogP contribution in [0.3, 0.4) is 0 Å². The average molecular weight is 381 g/mol. The van der Waals surface area contributed by atoms with Gasteiger partial charge in [0.2, 0.25) is 0 Å². The highest BCUT2D eigenvalue weighted by Gasteiger charge is 2.15. The smallest absolute Gasteiger partial charge is 0.407 e. The highest BCUT2D eigenvalue weighted by molar-refractivity contribution is 14.1. The fourth-order valence-electron chi connectivity index (χ4n) is 1.20. The molecule has 1 rings (SSSR count). The molecular weight excluding hydrogens is 364 g/mol. The van der Waals surface area contributed by atoms with E-state index in [1.165, 1.54) is 6.07 Å². The van der Waals surface area contributed by atoms with Gasteiger partial charge in [0.15, 0.2) is 0 Å². The average Bonchev–Trinajstić information content (AvgIpc) is 2.27. The van der Waals surface area contributed by atoms with Gasteiger partial charge >= 0.3 is 6.09 Å². The van der Waals surface area contributed by atoms with E-state index in [-0.39, 0.29) is 12.4 Å². The number of alkyl carbamates (subject to hydrolysis) is 1. The second kappa shape index (κ2) is 6.93. The predicted molar refractivity (Wildman–Crippen MR) is 78.8 cm³/mol. The zero-order valence-corrected chi connectivity index (χ0v) is 13.3. The number of nitrogens with one attached hydrogen (secondary N) is 1. The Balaban J connectivity index is 2.27. The Hall–Kier alpha value is -1.05. The predicted octanol–water partition coefficient (Wildman–Crippen LogP) is 3.33. The van der Waals surface area contributed by atoms with Gasteiger partial charge in [-0.1, -0.05) is 0 Å². The normalized spacial score (nSPS) is 11.0. The van der Waals surface area contributed by atoms with Crippen LogP contribution in [0.5, 0.6) is 5.75 Å². The molecule has 0 atom stereocenters. The Morgan fingerprint density at radius 3 is 2.68 bits per heavy atom. The van der Waals surface area contributed by atoms with Crippen molar-refractivity contribution < 1.29 is 18.7 Å². The van der Waals surface area contributed by atoms with Gasteiger partial charge in [-0.05, 0) is 55.5 Å². The molecule has 0 saturated heterocycles. The summed E-state index contributed by atoms with van der Waals surface area (Å²) in [4.78, 5) is 11.3. The monoisotopic (exact) mass is 381 g/mol. The largest absolute Gasteiger partial charge is 0.492 e. The summed E-state index contributed by atoms with van der Waals surface area (Å²) in [6.07, 6.45) is -0.495. The van der Waals surface area contributed by atoms with Crippen LogP contribution >= 0.6 is 22.6 Å². The molecule has 1 aromatic carbocycles. The molecule has 0 fully saturated rings. The Labute approximate surface area is 125 Å². The summed E-state index contributed by atoms with van der Waals surface area (Å²) in [5.74, 6) is 0.113. The molecule has 0 saturated carbocycles. The maximum Gasteiger partial charge on any atom is 0.407 e. The molecule has 0 bridgehead atoms. The Kier molecular flexibility index (Phi) is 5.84. The molecule has 0 heterocycles. The summed E-state index contributed by atoms with van der Waals surface area (Å²) in [7, 11) is 0. The fraction of sp³-hybridized carbons (Fsp3) is 0.462. The van der Waals surface area contributed by atoms with Crippen molar-refractivity contribution >= 4 is 28.7 Å². The molecule has 1 N–H and O–H groups in total. The first kappa shape index (κ1) is 16.0. The van der Waals surface area contributed by atoms with Crippen LogP contribution in [-0.2, 0) is 4.74 Å². The van der Waals surface area contributed by atoms with Crippen molar-refractivity contribution in [2.45, 2.75) is 26.4 Å². The third-order valence-electron chi connectivity index (χ3n) is 1.93. The summed E-state index contributed by atoms with van der Waals surface area (Å²) < 4.78 is 24.1. The quantitative estimate of drug-likeness (QED) is 0.643. The number of hydrogen-bond donors (Lipinski definition) is 1. The zero-order valence-electron chi connectivity index (χ0n) is 11.1. The van der Waals surface area contributed by atoms with E-state index < -0.39 is 11.7 Å². The molecule has 4 nitrogen and oxygen atoms in total. The topological polar surface area (TPSA) is 47.6 Å². The molecule has 1 amide bonds. The number of hydrogen-bond acceptors (Lipinski definition) is 3. The van der Waals surface area contributed by atoms with E-state index in [2.05, 4.69) is 5.32 Å². The van der Waals surface area contributed by atoms with Gasteiger partial charge in [0, 0.05) is 9.64 Å². The van der Waals surface area contributed by atoms with Gasteiger partial charge in [-0.15, -0.1) is 0 Å². The van der Waals surface area contributed by atoms with E-state index in [4.69, 9.17) is 9.47 Å². The summed E-state index contributed by atoms with van der Waals surface area (Å²) in [6.45, 7) is 5.91. The van der Waals surface area contributed by atoms with Gasteiger partial charge in [0.05, 0.1) is 6.54 Å². The van der Waals surface area contributed by atoms with Crippen LogP contribution in [0.2, 0.25) is 0 Å². The molecule has 0 aliphatic carbocycles.